The van der Waals surface area contributed by atoms with Gasteiger partial charge in [0, 0.05) is 6.42 Å². The van der Waals surface area contributed by atoms with Crippen molar-refractivity contribution in [3.8, 4) is 0 Å². The molecule has 0 spiro atoms. The minimum absolute atomic E-state index is 0.122. The van der Waals surface area contributed by atoms with Crippen molar-refractivity contribution in [2.24, 2.45) is 0 Å². The number of hydrogen-bond acceptors (Lipinski definition) is 4. The lowest BCUT2D eigenvalue weighted by Crippen LogP contribution is -2.38. The van der Waals surface area contributed by atoms with Gasteiger partial charge in [-0.3, -0.25) is 4.79 Å². The Morgan fingerprint density at radius 2 is 1.70 bits per heavy atom. The van der Waals surface area contributed by atoms with E-state index >= 15 is 0 Å². The standard InChI is InChI=1S/C23H34O4/c1-10-23(9,11-12-26-22(7,8)20(24)15(2)3)27-21(25)19-14-16(4)13-17(5)18(19)6/h13-14H,2,10-12H2,1,3-9H3. The largest absolute Gasteiger partial charge is 0.456 e. The summed E-state index contributed by atoms with van der Waals surface area (Å²) < 4.78 is 11.7. The van der Waals surface area contributed by atoms with Crippen LogP contribution in [0, 0.1) is 20.8 Å². The summed E-state index contributed by atoms with van der Waals surface area (Å²) in [5, 5.41) is 0. The third-order valence-corrected chi connectivity index (χ3v) is 5.15. The van der Waals surface area contributed by atoms with E-state index in [1.807, 2.05) is 40.7 Å². The Hall–Kier alpha value is -1.94. The van der Waals surface area contributed by atoms with E-state index in [-0.39, 0.29) is 11.8 Å². The van der Waals surface area contributed by atoms with E-state index in [0.29, 0.717) is 30.6 Å². The highest BCUT2D eigenvalue weighted by atomic mass is 16.6. The fourth-order valence-corrected chi connectivity index (χ4v) is 2.93. The second-order valence-corrected chi connectivity index (χ2v) is 8.17. The number of hydrogen-bond donors (Lipinski definition) is 0. The number of carbonyl (C=O) groups is 2. The maximum absolute atomic E-state index is 12.8. The van der Waals surface area contributed by atoms with Crippen LogP contribution in [-0.2, 0) is 14.3 Å². The van der Waals surface area contributed by atoms with Gasteiger partial charge in [0.1, 0.15) is 11.2 Å². The molecule has 1 unspecified atom stereocenters. The molecule has 0 bridgehead atoms. The molecule has 1 aromatic rings. The Morgan fingerprint density at radius 1 is 1.11 bits per heavy atom. The van der Waals surface area contributed by atoms with E-state index in [4.69, 9.17) is 9.47 Å². The molecule has 0 saturated heterocycles. The van der Waals surface area contributed by atoms with E-state index in [1.54, 1.807) is 20.8 Å². The van der Waals surface area contributed by atoms with Crippen molar-refractivity contribution < 1.29 is 19.1 Å². The first-order chi connectivity index (χ1) is 12.3. The fourth-order valence-electron chi connectivity index (χ4n) is 2.93. The third-order valence-electron chi connectivity index (χ3n) is 5.15. The number of carbonyl (C=O) groups excluding carboxylic acids is 2. The van der Waals surface area contributed by atoms with E-state index < -0.39 is 11.2 Å². The molecule has 1 rings (SSSR count). The maximum atomic E-state index is 12.8. The molecule has 0 aliphatic carbocycles. The van der Waals surface area contributed by atoms with Gasteiger partial charge in [0.15, 0.2) is 5.78 Å². The highest BCUT2D eigenvalue weighted by molar-refractivity contribution is 6.00. The van der Waals surface area contributed by atoms with Crippen LogP contribution in [0.1, 0.15) is 74.5 Å². The lowest BCUT2D eigenvalue weighted by molar-refractivity contribution is -0.138. The molecule has 0 heterocycles. The molecule has 0 amide bonds. The maximum Gasteiger partial charge on any atom is 0.338 e. The number of Topliss-reactive ketones (excluding diaryl/α,β-unsaturated/α-hetero) is 1. The first-order valence-electron chi connectivity index (χ1n) is 9.48. The zero-order valence-electron chi connectivity index (χ0n) is 18.1. The predicted molar refractivity (Wildman–Crippen MR) is 109 cm³/mol. The summed E-state index contributed by atoms with van der Waals surface area (Å²) in [6.07, 6.45) is 1.16. The summed E-state index contributed by atoms with van der Waals surface area (Å²) in [6, 6.07) is 3.92. The van der Waals surface area contributed by atoms with Crippen LogP contribution in [0.15, 0.2) is 24.3 Å². The van der Waals surface area contributed by atoms with Crippen LogP contribution in [0.25, 0.3) is 0 Å². The fraction of sp³-hybridized carbons (Fsp3) is 0.565. The van der Waals surface area contributed by atoms with E-state index in [0.717, 1.165) is 16.7 Å². The average molecular weight is 375 g/mol. The number of benzene rings is 1. The van der Waals surface area contributed by atoms with Crippen molar-refractivity contribution in [3.63, 3.8) is 0 Å². The summed E-state index contributed by atoms with van der Waals surface area (Å²) in [5.41, 5.74) is 2.52. The molecule has 1 aromatic carbocycles. The smallest absolute Gasteiger partial charge is 0.338 e. The van der Waals surface area contributed by atoms with Crippen LogP contribution in [-0.4, -0.2) is 29.6 Å². The molecule has 0 saturated carbocycles. The Kier molecular flexibility index (Phi) is 7.56. The van der Waals surface area contributed by atoms with Gasteiger partial charge >= 0.3 is 5.97 Å². The van der Waals surface area contributed by atoms with Crippen molar-refractivity contribution in [2.45, 2.75) is 79.4 Å². The van der Waals surface area contributed by atoms with Gasteiger partial charge in [0.2, 0.25) is 0 Å². The molecule has 0 N–H and O–H groups in total. The minimum Gasteiger partial charge on any atom is -0.456 e. The molecule has 4 heteroatoms. The van der Waals surface area contributed by atoms with Crippen LogP contribution >= 0.6 is 0 Å². The second kappa shape index (κ2) is 8.83. The molecule has 0 fully saturated rings. The monoisotopic (exact) mass is 374 g/mol. The van der Waals surface area contributed by atoms with Gasteiger partial charge in [-0.1, -0.05) is 19.6 Å². The average Bonchev–Trinajstić information content (AvgIpc) is 2.56. The van der Waals surface area contributed by atoms with Gasteiger partial charge in [-0.25, -0.2) is 4.79 Å². The lowest BCUT2D eigenvalue weighted by Gasteiger charge is -2.31. The summed E-state index contributed by atoms with van der Waals surface area (Å²) >= 11 is 0. The molecular weight excluding hydrogens is 340 g/mol. The highest BCUT2D eigenvalue weighted by Crippen LogP contribution is 2.26. The van der Waals surface area contributed by atoms with Gasteiger partial charge in [0.05, 0.1) is 12.2 Å². The number of ketones is 1. The number of ether oxygens (including phenoxy) is 2. The molecular formula is C23H34O4. The van der Waals surface area contributed by atoms with Gasteiger partial charge in [-0.05, 0) is 83.2 Å². The molecule has 0 aromatic heterocycles. The van der Waals surface area contributed by atoms with Crippen molar-refractivity contribution in [1.29, 1.82) is 0 Å². The van der Waals surface area contributed by atoms with Crippen molar-refractivity contribution in [2.75, 3.05) is 6.61 Å². The van der Waals surface area contributed by atoms with Crippen LogP contribution in [0.4, 0.5) is 0 Å². The van der Waals surface area contributed by atoms with Crippen molar-refractivity contribution >= 4 is 11.8 Å². The highest BCUT2D eigenvalue weighted by Gasteiger charge is 2.32. The summed E-state index contributed by atoms with van der Waals surface area (Å²) in [5.74, 6) is -0.440. The van der Waals surface area contributed by atoms with Crippen molar-refractivity contribution in [1.82, 2.24) is 0 Å². The van der Waals surface area contributed by atoms with E-state index in [9.17, 15) is 9.59 Å². The van der Waals surface area contributed by atoms with Crippen LogP contribution in [0.2, 0.25) is 0 Å². The molecule has 1 atom stereocenters. The molecule has 0 aliphatic heterocycles. The van der Waals surface area contributed by atoms with Crippen molar-refractivity contribution in [3.05, 3.63) is 46.5 Å². The van der Waals surface area contributed by atoms with Gasteiger partial charge in [-0.2, -0.15) is 0 Å². The number of aryl methyl sites for hydroxylation is 2. The lowest BCUT2D eigenvalue weighted by atomic mass is 9.96. The van der Waals surface area contributed by atoms with Gasteiger partial charge in [-0.15, -0.1) is 0 Å². The Morgan fingerprint density at radius 3 is 2.22 bits per heavy atom. The Bertz CT molecular complexity index is 730. The SMILES string of the molecule is C=C(C)C(=O)C(C)(C)OCCC(C)(CC)OC(=O)c1cc(C)cc(C)c1C. The predicted octanol–water partition coefficient (Wildman–Crippen LogP) is 5.27. The normalized spacial score (nSPS) is 13.8. The van der Waals surface area contributed by atoms with Gasteiger partial charge < -0.3 is 9.47 Å². The molecule has 4 nitrogen and oxygen atoms in total. The zero-order chi connectivity index (χ0) is 21.0. The molecule has 150 valence electrons. The summed E-state index contributed by atoms with van der Waals surface area (Å²) in [7, 11) is 0. The van der Waals surface area contributed by atoms with Crippen LogP contribution in [0.5, 0.6) is 0 Å². The summed E-state index contributed by atoms with van der Waals surface area (Å²) in [6.45, 7) is 18.9. The zero-order valence-corrected chi connectivity index (χ0v) is 18.1. The molecule has 27 heavy (non-hydrogen) atoms. The van der Waals surface area contributed by atoms with E-state index in [1.165, 1.54) is 0 Å². The second-order valence-electron chi connectivity index (χ2n) is 8.17. The van der Waals surface area contributed by atoms with Crippen LogP contribution in [0.3, 0.4) is 0 Å². The van der Waals surface area contributed by atoms with Crippen LogP contribution < -0.4 is 0 Å². The van der Waals surface area contributed by atoms with E-state index in [2.05, 4.69) is 12.6 Å². The third kappa shape index (κ3) is 6.03. The van der Waals surface area contributed by atoms with Gasteiger partial charge in [0.25, 0.3) is 0 Å². The quantitative estimate of drug-likeness (QED) is 0.436. The molecule has 0 aliphatic rings. The first-order valence-corrected chi connectivity index (χ1v) is 9.48. The minimum atomic E-state index is -0.936. The first kappa shape index (κ1) is 23.1. The Labute approximate surface area is 163 Å². The summed E-state index contributed by atoms with van der Waals surface area (Å²) in [4.78, 5) is 24.9. The number of rotatable bonds is 9. The molecule has 0 radical (unpaired) electrons. The topological polar surface area (TPSA) is 52.6 Å². The Balaban J connectivity index is 2.83. The number of esters is 1.